The van der Waals surface area contributed by atoms with Crippen LogP contribution in [0.1, 0.15) is 22.8 Å². The summed E-state index contributed by atoms with van der Waals surface area (Å²) in [6, 6.07) is 22.4. The molecule has 0 aliphatic carbocycles. The Morgan fingerprint density at radius 1 is 0.604 bits per heavy atom. The molecule has 1 radical (unpaired) electrons. The van der Waals surface area contributed by atoms with E-state index in [0.717, 1.165) is 0 Å². The summed E-state index contributed by atoms with van der Waals surface area (Å²) in [4.78, 5) is 25.3. The minimum atomic E-state index is -4.94. The summed E-state index contributed by atoms with van der Waals surface area (Å²) in [7, 11) is -4.94. The third-order valence-corrected chi connectivity index (χ3v) is 5.33. The molecule has 14 nitrogen and oxygen atoms in total. The maximum absolute atomic E-state index is 8.49. The molecule has 249 valence electrons. The van der Waals surface area contributed by atoms with Crippen molar-refractivity contribution in [1.82, 2.24) is 30.8 Å². The quantitative estimate of drug-likeness (QED) is 0.0502. The predicted molar refractivity (Wildman–Crippen MR) is 174 cm³/mol. The molecule has 48 heavy (non-hydrogen) atoms. The molecule has 0 unspecified atom stereocenters. The van der Waals surface area contributed by atoms with Crippen molar-refractivity contribution in [3.05, 3.63) is 146 Å². The Bertz CT molecular complexity index is 1430. The van der Waals surface area contributed by atoms with Gasteiger partial charge in [0.25, 0.3) is 0 Å². The normalized spacial score (nSPS) is 10.7. The topological polar surface area (TPSA) is 217 Å². The van der Waals surface area contributed by atoms with E-state index in [0.29, 0.717) is 57.6 Å². The van der Waals surface area contributed by atoms with Gasteiger partial charge in [-0.05, 0) is 58.9 Å². The van der Waals surface area contributed by atoms with Gasteiger partial charge in [0, 0.05) is 24.8 Å². The Hall–Kier alpha value is -4.55. The van der Waals surface area contributed by atoms with Crippen molar-refractivity contribution in [2.24, 2.45) is 20.2 Å². The van der Waals surface area contributed by atoms with Crippen molar-refractivity contribution in [2.45, 2.75) is 0 Å². The number of hydrazone groups is 2. The number of hydrogen-bond acceptors (Lipinski definition) is 14. The van der Waals surface area contributed by atoms with Crippen LogP contribution >= 0.6 is 0 Å². The van der Waals surface area contributed by atoms with Gasteiger partial charge in [-0.1, -0.05) is 36.4 Å². The van der Waals surface area contributed by atoms with Crippen molar-refractivity contribution in [2.75, 3.05) is 13.1 Å². The number of aliphatic imine (C=N–C) groups is 2. The zero-order chi connectivity index (χ0) is 34.3. The number of halogens is 1. The van der Waals surface area contributed by atoms with E-state index in [-0.39, 0.29) is 17.1 Å². The summed E-state index contributed by atoms with van der Waals surface area (Å²) in [6.07, 6.45) is 10.1. The van der Waals surface area contributed by atoms with Crippen molar-refractivity contribution in [1.29, 1.82) is 0 Å². The molecule has 0 spiro atoms. The number of aromatic nitrogens is 4. The van der Waals surface area contributed by atoms with Crippen LogP contribution in [-0.4, -0.2) is 54.8 Å². The molecule has 0 atom stereocenters. The van der Waals surface area contributed by atoms with Crippen LogP contribution in [0, 0.1) is 10.2 Å². The first kappa shape index (κ1) is 41.5. The summed E-state index contributed by atoms with van der Waals surface area (Å²) < 4.78 is 34.0. The van der Waals surface area contributed by atoms with E-state index in [9.17, 15) is 0 Å². The first-order valence-electron chi connectivity index (χ1n) is 13.2. The van der Waals surface area contributed by atoms with Crippen molar-refractivity contribution >= 4 is 47.0 Å². The number of nitrogens with zero attached hydrogens (tertiary/aromatic N) is 8. The fourth-order valence-electron chi connectivity index (χ4n) is 3.08. The Morgan fingerprint density at radius 2 is 0.875 bits per heavy atom. The maximum atomic E-state index is 8.49. The number of rotatable bonds is 10. The monoisotopic (exact) mass is 747 g/mol. The molecule has 0 fully saturated rings. The van der Waals surface area contributed by atoms with Crippen LogP contribution in [0.2, 0.25) is 0 Å². The van der Waals surface area contributed by atoms with Crippen molar-refractivity contribution in [3.63, 3.8) is 0 Å². The van der Waals surface area contributed by atoms with Gasteiger partial charge in [0.15, 0.2) is 0 Å². The Kier molecular flexibility index (Phi) is 20.5. The third-order valence-electron chi connectivity index (χ3n) is 4.88. The second kappa shape index (κ2) is 23.7. The summed E-state index contributed by atoms with van der Waals surface area (Å²) in [5.74, 6) is 0. The van der Waals surface area contributed by atoms with Crippen LogP contribution in [0.25, 0.3) is 0 Å². The largest absolute Gasteiger partial charge is 3.00 e. The van der Waals surface area contributed by atoms with E-state index in [1.807, 2.05) is 72.8 Å². The maximum Gasteiger partial charge on any atom is 3.00 e. The Balaban J connectivity index is 0.000000413. The van der Waals surface area contributed by atoms with Crippen LogP contribution in [0.5, 0.6) is 0 Å². The fourth-order valence-corrected chi connectivity index (χ4v) is 3.32. The summed E-state index contributed by atoms with van der Waals surface area (Å²) in [5, 5.41) is 9.16. The molecule has 2 N–H and O–H groups in total. The minimum Gasteiger partial charge on any atom is -0.741 e. The number of nitrogens with one attached hydrogen (secondary N) is 2. The second-order valence-corrected chi connectivity index (χ2v) is 9.78. The molecule has 18 heteroatoms. The van der Waals surface area contributed by atoms with E-state index < -0.39 is 10.2 Å². The standard InChI is InChI=1S/2C15H15N5S.ClHO4.Fe/c2*1-2-9-18-15(21)20-19-14(12-7-3-5-10-16-12)13-8-4-6-11-17-13;2-1(3,4)5;/h2*2-8,10-11H,1,9H2,(H2,18,20,21);(H,2,3,4,5);/q;;;+3/p-3. The zero-order valence-electron chi connectivity index (χ0n) is 25.0. The van der Waals surface area contributed by atoms with E-state index >= 15 is 0 Å². The molecular weight excluding hydrogens is 720 g/mol. The number of hydrogen-bond donors (Lipinski definition) is 2. The average Bonchev–Trinajstić information content (AvgIpc) is 3.08. The van der Waals surface area contributed by atoms with E-state index in [1.165, 1.54) is 0 Å². The first-order chi connectivity index (χ1) is 22.6. The Labute approximate surface area is 301 Å². The van der Waals surface area contributed by atoms with Gasteiger partial charge in [0.1, 0.15) is 11.4 Å². The first-order valence-corrected chi connectivity index (χ1v) is 15.3. The molecular formula is C30H28ClFeN10O4S2. The SMILES string of the molecule is C=CCN=C([S-])NN=C(c1ccccn1)c1ccccn1.C=CCN=C([S-])NN=C(c1ccccn1)c1ccccn1.[Fe+3].[O-][Cl+3]([O-])([O-])[O-]. The molecule has 0 aromatic carbocycles. The predicted octanol–water partition coefficient (Wildman–Crippen LogP) is -0.943. The van der Waals surface area contributed by atoms with Crippen LogP contribution in [0.4, 0.5) is 0 Å². The smallest absolute Gasteiger partial charge is 0.741 e. The molecule has 0 amide bonds. The van der Waals surface area contributed by atoms with Crippen LogP contribution in [0.3, 0.4) is 0 Å². The van der Waals surface area contributed by atoms with Crippen LogP contribution in [0.15, 0.2) is 143 Å². The van der Waals surface area contributed by atoms with Gasteiger partial charge in [-0.15, -0.1) is 23.4 Å². The van der Waals surface area contributed by atoms with Gasteiger partial charge < -0.3 is 25.3 Å². The van der Waals surface area contributed by atoms with Gasteiger partial charge in [-0.3, -0.25) is 40.8 Å². The van der Waals surface area contributed by atoms with E-state index in [2.05, 4.69) is 64.1 Å². The molecule has 0 saturated carbocycles. The van der Waals surface area contributed by atoms with Crippen molar-refractivity contribution in [3.8, 4) is 0 Å². The summed E-state index contributed by atoms with van der Waals surface area (Å²) in [5.41, 5.74) is 9.50. The van der Waals surface area contributed by atoms with Gasteiger partial charge in [0.2, 0.25) is 0 Å². The van der Waals surface area contributed by atoms with E-state index in [4.69, 9.17) is 43.9 Å². The van der Waals surface area contributed by atoms with Gasteiger partial charge in [-0.25, -0.2) is 18.6 Å². The molecule has 4 aromatic heterocycles. The van der Waals surface area contributed by atoms with Crippen LogP contribution in [-0.2, 0) is 42.3 Å². The average molecular weight is 748 g/mol. The molecule has 0 saturated heterocycles. The number of amidine groups is 2. The Morgan fingerprint density at radius 3 is 1.08 bits per heavy atom. The zero-order valence-corrected chi connectivity index (χ0v) is 28.5. The molecule has 4 aromatic rings. The molecule has 0 bridgehead atoms. The molecule has 0 aliphatic rings. The second-order valence-electron chi connectivity index (χ2n) is 8.25. The number of pyridine rings is 4. The molecule has 0 aliphatic heterocycles. The minimum absolute atomic E-state index is 0. The van der Waals surface area contributed by atoms with Gasteiger partial charge in [-0.2, -0.15) is 10.2 Å². The molecule has 4 heterocycles. The van der Waals surface area contributed by atoms with Crippen molar-refractivity contribution < 1.29 is 45.9 Å². The molecule has 4 rings (SSSR count). The van der Waals surface area contributed by atoms with E-state index in [1.54, 1.807) is 36.9 Å². The third kappa shape index (κ3) is 18.0. The van der Waals surface area contributed by atoms with Gasteiger partial charge in [0.05, 0.1) is 35.9 Å². The summed E-state index contributed by atoms with van der Waals surface area (Å²) >= 11 is 10.1. The summed E-state index contributed by atoms with van der Waals surface area (Å²) in [6.45, 7) is 8.07. The fraction of sp³-hybridized carbons (Fsp3) is 0.0667. The van der Waals surface area contributed by atoms with Gasteiger partial charge >= 0.3 is 17.1 Å². The van der Waals surface area contributed by atoms with Crippen LogP contribution < -0.4 is 29.5 Å².